The first-order chi connectivity index (χ1) is 7.58. The topological polar surface area (TPSA) is 76.2 Å². The summed E-state index contributed by atoms with van der Waals surface area (Å²) < 4.78 is 12.8. The quantitative estimate of drug-likeness (QED) is 0.786. The van der Waals surface area contributed by atoms with Crippen molar-refractivity contribution in [1.82, 2.24) is 4.98 Å². The van der Waals surface area contributed by atoms with Crippen LogP contribution in [0.5, 0.6) is 0 Å². The number of carboxylic acid groups (broad SMARTS) is 1. The molecule has 6 heteroatoms. The minimum atomic E-state index is -1.09. The molecule has 0 atom stereocenters. The maximum atomic E-state index is 12.8. The summed E-state index contributed by atoms with van der Waals surface area (Å²) in [6.07, 6.45) is 0. The van der Waals surface area contributed by atoms with Crippen LogP contribution in [0.15, 0.2) is 23.6 Å². The predicted octanol–water partition coefficient (Wildman–Crippen LogP) is 2.23. The number of hydrogen-bond donors (Lipinski definition) is 2. The van der Waals surface area contributed by atoms with Crippen molar-refractivity contribution >= 4 is 23.0 Å². The van der Waals surface area contributed by atoms with E-state index in [-0.39, 0.29) is 11.4 Å². The molecule has 0 bridgehead atoms. The fourth-order valence-corrected chi connectivity index (χ4v) is 2.06. The molecule has 0 fully saturated rings. The second-order valence-electron chi connectivity index (χ2n) is 3.07. The summed E-state index contributed by atoms with van der Waals surface area (Å²) in [4.78, 5) is 14.5. The van der Waals surface area contributed by atoms with E-state index in [1.165, 1.54) is 23.6 Å². The Kier molecular flexibility index (Phi) is 2.57. The van der Waals surface area contributed by atoms with Crippen molar-refractivity contribution in [2.75, 3.05) is 5.73 Å². The number of rotatable bonds is 2. The van der Waals surface area contributed by atoms with Gasteiger partial charge >= 0.3 is 5.97 Å². The molecule has 0 radical (unpaired) electrons. The van der Waals surface area contributed by atoms with Gasteiger partial charge in [0.2, 0.25) is 0 Å². The van der Waals surface area contributed by atoms with Crippen molar-refractivity contribution in [1.29, 1.82) is 0 Å². The van der Waals surface area contributed by atoms with Crippen molar-refractivity contribution in [2.24, 2.45) is 0 Å². The van der Waals surface area contributed by atoms with Crippen LogP contribution in [0.2, 0.25) is 0 Å². The first-order valence-corrected chi connectivity index (χ1v) is 5.20. The highest BCUT2D eigenvalue weighted by molar-refractivity contribution is 7.13. The van der Waals surface area contributed by atoms with E-state index in [9.17, 15) is 9.18 Å². The van der Waals surface area contributed by atoms with Gasteiger partial charge in [-0.25, -0.2) is 14.2 Å². The molecule has 2 aromatic rings. The van der Waals surface area contributed by atoms with Gasteiger partial charge < -0.3 is 10.8 Å². The van der Waals surface area contributed by atoms with Crippen LogP contribution in [0, 0.1) is 5.82 Å². The molecule has 4 nitrogen and oxygen atoms in total. The largest absolute Gasteiger partial charge is 0.476 e. The molecule has 0 spiro atoms. The monoisotopic (exact) mass is 238 g/mol. The van der Waals surface area contributed by atoms with Crippen LogP contribution < -0.4 is 5.73 Å². The number of nitrogens with two attached hydrogens (primary N) is 1. The SMILES string of the molecule is Nc1cc(F)ccc1-c1nc(C(=O)O)cs1. The molecule has 3 N–H and O–H groups in total. The normalized spacial score (nSPS) is 10.3. The third-order valence-electron chi connectivity index (χ3n) is 1.97. The lowest BCUT2D eigenvalue weighted by Gasteiger charge is -2.01. The van der Waals surface area contributed by atoms with Crippen LogP contribution in [0.4, 0.5) is 10.1 Å². The minimum Gasteiger partial charge on any atom is -0.476 e. The predicted molar refractivity (Wildman–Crippen MR) is 58.9 cm³/mol. The number of aromatic carboxylic acids is 1. The summed E-state index contributed by atoms with van der Waals surface area (Å²) >= 11 is 1.16. The van der Waals surface area contributed by atoms with Crippen LogP contribution >= 0.6 is 11.3 Å². The second kappa shape index (κ2) is 3.90. The van der Waals surface area contributed by atoms with Crippen molar-refractivity contribution in [3.8, 4) is 10.6 Å². The second-order valence-corrected chi connectivity index (χ2v) is 3.93. The molecule has 0 saturated carbocycles. The van der Waals surface area contributed by atoms with Gasteiger partial charge in [0.05, 0.1) is 0 Å². The maximum Gasteiger partial charge on any atom is 0.355 e. The van der Waals surface area contributed by atoms with Gasteiger partial charge in [-0.15, -0.1) is 11.3 Å². The first-order valence-electron chi connectivity index (χ1n) is 4.32. The molecule has 0 aliphatic carbocycles. The lowest BCUT2D eigenvalue weighted by Crippen LogP contribution is -1.96. The zero-order valence-electron chi connectivity index (χ0n) is 7.98. The highest BCUT2D eigenvalue weighted by atomic mass is 32.1. The van der Waals surface area contributed by atoms with E-state index in [1.807, 2.05) is 0 Å². The zero-order valence-corrected chi connectivity index (χ0v) is 8.79. The highest BCUT2D eigenvalue weighted by Gasteiger charge is 2.12. The standard InChI is InChI=1S/C10H7FN2O2S/c11-5-1-2-6(7(12)3-5)9-13-8(4-16-9)10(14)15/h1-4H,12H2,(H,14,15). The summed E-state index contributed by atoms with van der Waals surface area (Å²) in [5.74, 6) is -1.53. The fraction of sp³-hybridized carbons (Fsp3) is 0. The summed E-state index contributed by atoms with van der Waals surface area (Å²) in [6, 6.07) is 3.92. The Morgan fingerprint density at radius 3 is 2.81 bits per heavy atom. The van der Waals surface area contributed by atoms with E-state index < -0.39 is 11.8 Å². The van der Waals surface area contributed by atoms with Crippen LogP contribution in [0.3, 0.4) is 0 Å². The van der Waals surface area contributed by atoms with E-state index in [0.29, 0.717) is 10.6 Å². The third-order valence-corrected chi connectivity index (χ3v) is 2.84. The first kappa shape index (κ1) is 10.6. The Balaban J connectivity index is 2.46. The number of carbonyl (C=O) groups is 1. The van der Waals surface area contributed by atoms with Crippen LogP contribution in [0.25, 0.3) is 10.6 Å². The Morgan fingerprint density at radius 2 is 2.25 bits per heavy atom. The smallest absolute Gasteiger partial charge is 0.355 e. The number of carboxylic acids is 1. The molecule has 1 aromatic carbocycles. The lowest BCUT2D eigenvalue weighted by atomic mass is 10.2. The minimum absolute atomic E-state index is 0.0382. The molecular formula is C10H7FN2O2S. The Labute approximate surface area is 94.2 Å². The highest BCUT2D eigenvalue weighted by Crippen LogP contribution is 2.29. The Hall–Kier alpha value is -1.95. The number of anilines is 1. The van der Waals surface area contributed by atoms with Crippen molar-refractivity contribution < 1.29 is 14.3 Å². The molecule has 0 saturated heterocycles. The van der Waals surface area contributed by atoms with Crippen molar-refractivity contribution in [3.05, 3.63) is 35.1 Å². The van der Waals surface area contributed by atoms with Gasteiger partial charge in [-0.2, -0.15) is 0 Å². The molecule has 1 heterocycles. The molecule has 2 rings (SSSR count). The van der Waals surface area contributed by atoms with Gasteiger partial charge in [-0.05, 0) is 18.2 Å². The molecule has 0 unspecified atom stereocenters. The van der Waals surface area contributed by atoms with Gasteiger partial charge in [0.25, 0.3) is 0 Å². The average molecular weight is 238 g/mol. The number of thiazole rings is 1. The van der Waals surface area contributed by atoms with Gasteiger partial charge in [0.1, 0.15) is 10.8 Å². The molecule has 0 aliphatic rings. The zero-order chi connectivity index (χ0) is 11.7. The molecule has 1 aromatic heterocycles. The number of hydrogen-bond acceptors (Lipinski definition) is 4. The van der Waals surface area contributed by atoms with E-state index in [4.69, 9.17) is 10.8 Å². The van der Waals surface area contributed by atoms with Crippen LogP contribution in [0.1, 0.15) is 10.5 Å². The molecule has 0 amide bonds. The average Bonchev–Trinajstić information content (AvgIpc) is 2.66. The van der Waals surface area contributed by atoms with E-state index in [2.05, 4.69) is 4.98 Å². The van der Waals surface area contributed by atoms with Gasteiger partial charge in [0, 0.05) is 16.6 Å². The summed E-state index contributed by atoms with van der Waals surface area (Å²) in [5.41, 5.74) is 6.36. The van der Waals surface area contributed by atoms with Gasteiger partial charge in [-0.1, -0.05) is 0 Å². The molecule has 0 aliphatic heterocycles. The molecule has 16 heavy (non-hydrogen) atoms. The fourth-order valence-electron chi connectivity index (χ4n) is 1.22. The number of nitrogens with zero attached hydrogens (tertiary/aromatic N) is 1. The van der Waals surface area contributed by atoms with Gasteiger partial charge in [-0.3, -0.25) is 0 Å². The van der Waals surface area contributed by atoms with Gasteiger partial charge in [0.15, 0.2) is 5.69 Å². The Bertz CT molecular complexity index is 554. The van der Waals surface area contributed by atoms with E-state index >= 15 is 0 Å². The number of aromatic nitrogens is 1. The summed E-state index contributed by atoms with van der Waals surface area (Å²) in [6.45, 7) is 0. The summed E-state index contributed by atoms with van der Waals surface area (Å²) in [5, 5.41) is 10.6. The van der Waals surface area contributed by atoms with Crippen LogP contribution in [-0.4, -0.2) is 16.1 Å². The lowest BCUT2D eigenvalue weighted by molar-refractivity contribution is 0.0691. The van der Waals surface area contributed by atoms with Crippen LogP contribution in [-0.2, 0) is 0 Å². The maximum absolute atomic E-state index is 12.8. The number of halogens is 1. The molecule has 82 valence electrons. The number of nitrogen functional groups attached to an aromatic ring is 1. The van der Waals surface area contributed by atoms with E-state index in [1.54, 1.807) is 0 Å². The third kappa shape index (κ3) is 1.87. The summed E-state index contributed by atoms with van der Waals surface area (Å²) in [7, 11) is 0. The Morgan fingerprint density at radius 1 is 1.50 bits per heavy atom. The number of benzene rings is 1. The van der Waals surface area contributed by atoms with Crippen molar-refractivity contribution in [2.45, 2.75) is 0 Å². The van der Waals surface area contributed by atoms with E-state index in [0.717, 1.165) is 11.3 Å². The van der Waals surface area contributed by atoms with Crippen molar-refractivity contribution in [3.63, 3.8) is 0 Å². The molecular weight excluding hydrogens is 231 g/mol.